The lowest BCUT2D eigenvalue weighted by Crippen LogP contribution is -2.31. The molecule has 0 aliphatic carbocycles. The average Bonchev–Trinajstić information content (AvgIpc) is 3.36. The Morgan fingerprint density at radius 1 is 1.32 bits per heavy atom. The molecule has 1 unspecified atom stereocenters. The molecule has 8 heteroatoms. The van der Waals surface area contributed by atoms with Crippen molar-refractivity contribution in [2.24, 2.45) is 0 Å². The van der Waals surface area contributed by atoms with E-state index in [1.54, 1.807) is 40.4 Å². The lowest BCUT2D eigenvalue weighted by Gasteiger charge is -2.17. The van der Waals surface area contributed by atoms with Crippen LogP contribution in [0.2, 0.25) is 0 Å². The number of nitrogens with one attached hydrogen (secondary N) is 1. The van der Waals surface area contributed by atoms with Crippen LogP contribution >= 0.6 is 11.3 Å². The molecular formula is C17H17N3O3S2. The molecule has 0 fully saturated rings. The highest BCUT2D eigenvalue weighted by Gasteiger charge is 2.22. The fourth-order valence-electron chi connectivity index (χ4n) is 2.87. The number of nitrogens with zero attached hydrogens (tertiary/aromatic N) is 2. The van der Waals surface area contributed by atoms with E-state index in [1.165, 1.54) is 0 Å². The van der Waals surface area contributed by atoms with Gasteiger partial charge in [0.2, 0.25) is 10.0 Å². The molecule has 6 nitrogen and oxygen atoms in total. The van der Waals surface area contributed by atoms with Crippen LogP contribution in [0.5, 0.6) is 5.75 Å². The van der Waals surface area contributed by atoms with Crippen molar-refractivity contribution in [1.82, 2.24) is 14.5 Å². The molecule has 1 N–H and O–H groups in total. The molecule has 3 aromatic rings. The third-order valence-corrected chi connectivity index (χ3v) is 6.55. The first-order valence-electron chi connectivity index (χ1n) is 7.91. The van der Waals surface area contributed by atoms with Crippen molar-refractivity contribution in [3.63, 3.8) is 0 Å². The van der Waals surface area contributed by atoms with Crippen molar-refractivity contribution < 1.29 is 13.2 Å². The smallest absolute Gasteiger partial charge is 0.240 e. The van der Waals surface area contributed by atoms with E-state index in [0.29, 0.717) is 6.61 Å². The summed E-state index contributed by atoms with van der Waals surface area (Å²) in [6, 6.07) is 10.6. The van der Waals surface area contributed by atoms with Gasteiger partial charge in [-0.15, -0.1) is 11.3 Å². The first-order chi connectivity index (χ1) is 12.1. The maximum absolute atomic E-state index is 12.7. The average molecular weight is 375 g/mol. The Bertz CT molecular complexity index is 917. The van der Waals surface area contributed by atoms with E-state index >= 15 is 0 Å². The highest BCUT2D eigenvalue weighted by atomic mass is 32.2. The zero-order chi connectivity index (χ0) is 17.3. The topological polar surface area (TPSA) is 73.2 Å². The van der Waals surface area contributed by atoms with Crippen molar-refractivity contribution in [3.05, 3.63) is 64.6 Å². The van der Waals surface area contributed by atoms with Crippen LogP contribution in [0, 0.1) is 0 Å². The molecule has 1 aliphatic rings. The van der Waals surface area contributed by atoms with E-state index in [9.17, 15) is 8.42 Å². The van der Waals surface area contributed by atoms with Gasteiger partial charge in [-0.1, -0.05) is 6.07 Å². The highest BCUT2D eigenvalue weighted by molar-refractivity contribution is 7.89. The van der Waals surface area contributed by atoms with Gasteiger partial charge in [0, 0.05) is 30.2 Å². The van der Waals surface area contributed by atoms with Crippen molar-refractivity contribution in [3.8, 4) is 5.75 Å². The number of sulfonamides is 1. The number of hydrogen-bond donors (Lipinski definition) is 1. The fraction of sp³-hybridized carbons (Fsp3) is 0.235. The zero-order valence-electron chi connectivity index (χ0n) is 13.3. The minimum Gasteiger partial charge on any atom is -0.493 e. The predicted octanol–water partition coefficient (Wildman–Crippen LogP) is 2.45. The number of benzene rings is 1. The van der Waals surface area contributed by atoms with Gasteiger partial charge in [0.1, 0.15) is 5.75 Å². The molecule has 0 bridgehead atoms. The van der Waals surface area contributed by atoms with Gasteiger partial charge in [-0.05, 0) is 41.3 Å². The van der Waals surface area contributed by atoms with Crippen molar-refractivity contribution in [2.75, 3.05) is 13.2 Å². The summed E-state index contributed by atoms with van der Waals surface area (Å²) in [7, 11) is -3.60. The number of aromatic nitrogens is 2. The maximum Gasteiger partial charge on any atom is 0.240 e. The van der Waals surface area contributed by atoms with Gasteiger partial charge in [-0.2, -0.15) is 5.10 Å². The van der Waals surface area contributed by atoms with Gasteiger partial charge in [0.25, 0.3) is 0 Å². The number of hydrogen-bond acceptors (Lipinski definition) is 5. The van der Waals surface area contributed by atoms with Crippen molar-refractivity contribution in [2.45, 2.75) is 17.4 Å². The van der Waals surface area contributed by atoms with Crippen molar-refractivity contribution >= 4 is 21.4 Å². The Hall–Kier alpha value is -2.16. The first kappa shape index (κ1) is 16.3. The molecule has 130 valence electrons. The summed E-state index contributed by atoms with van der Waals surface area (Å²) in [5, 5.41) is 6.24. The third-order valence-electron chi connectivity index (χ3n) is 4.15. The molecule has 0 spiro atoms. The fourth-order valence-corrected chi connectivity index (χ4v) is 4.78. The second-order valence-corrected chi connectivity index (χ2v) is 8.48. The molecule has 0 amide bonds. The predicted molar refractivity (Wildman–Crippen MR) is 95.5 cm³/mol. The molecule has 0 radical (unpaired) electrons. The molecule has 1 atom stereocenters. The van der Waals surface area contributed by atoms with E-state index in [2.05, 4.69) is 9.82 Å². The van der Waals surface area contributed by atoms with Crippen LogP contribution in [-0.4, -0.2) is 31.3 Å². The Morgan fingerprint density at radius 3 is 3.00 bits per heavy atom. The summed E-state index contributed by atoms with van der Waals surface area (Å²) in [5.74, 6) is 0.770. The normalized spacial score (nSPS) is 14.9. The molecule has 25 heavy (non-hydrogen) atoms. The van der Waals surface area contributed by atoms with Crippen LogP contribution in [0.4, 0.5) is 0 Å². The van der Waals surface area contributed by atoms with E-state index in [0.717, 1.165) is 22.6 Å². The lowest BCUT2D eigenvalue weighted by molar-refractivity contribution is 0.356. The van der Waals surface area contributed by atoms with Crippen LogP contribution < -0.4 is 9.46 Å². The van der Waals surface area contributed by atoms with Gasteiger partial charge in [0.15, 0.2) is 0 Å². The Balaban J connectivity index is 1.56. The van der Waals surface area contributed by atoms with Crippen LogP contribution in [-0.2, 0) is 16.4 Å². The van der Waals surface area contributed by atoms with E-state index < -0.39 is 10.0 Å². The van der Waals surface area contributed by atoms with Gasteiger partial charge in [-0.3, -0.25) is 4.68 Å². The van der Waals surface area contributed by atoms with Gasteiger partial charge < -0.3 is 4.74 Å². The van der Waals surface area contributed by atoms with E-state index in [-0.39, 0.29) is 17.5 Å². The zero-order valence-corrected chi connectivity index (χ0v) is 15.0. The number of thiophene rings is 1. The maximum atomic E-state index is 12.7. The minimum atomic E-state index is -3.60. The summed E-state index contributed by atoms with van der Waals surface area (Å²) in [5.41, 5.74) is 0.935. The monoisotopic (exact) mass is 375 g/mol. The summed E-state index contributed by atoms with van der Waals surface area (Å²) in [6.07, 6.45) is 4.27. The van der Waals surface area contributed by atoms with Crippen LogP contribution in [0.3, 0.4) is 0 Å². The standard InChI is InChI=1S/C17H17N3O3S2/c21-25(22,14-4-5-16-13(11-14)6-9-23-16)19-12-15(17-3-1-10-24-17)20-8-2-7-18-20/h1-5,7-8,10-11,15,19H,6,9,12H2. The van der Waals surface area contributed by atoms with Gasteiger partial charge in [0.05, 0.1) is 17.5 Å². The highest BCUT2D eigenvalue weighted by Crippen LogP contribution is 2.28. The van der Waals surface area contributed by atoms with E-state index in [1.807, 2.05) is 29.8 Å². The number of rotatable bonds is 6. The molecule has 1 aromatic carbocycles. The van der Waals surface area contributed by atoms with Gasteiger partial charge in [-0.25, -0.2) is 13.1 Å². The lowest BCUT2D eigenvalue weighted by atomic mass is 10.2. The quantitative estimate of drug-likeness (QED) is 0.718. The summed E-state index contributed by atoms with van der Waals surface area (Å²) in [4.78, 5) is 1.32. The Kier molecular flexibility index (Phi) is 4.32. The Morgan fingerprint density at radius 2 is 2.24 bits per heavy atom. The molecule has 0 saturated carbocycles. The largest absolute Gasteiger partial charge is 0.493 e. The van der Waals surface area contributed by atoms with Crippen LogP contribution in [0.15, 0.2) is 59.1 Å². The summed E-state index contributed by atoms with van der Waals surface area (Å²) >= 11 is 1.58. The Labute approximate surface area is 150 Å². The van der Waals surface area contributed by atoms with Gasteiger partial charge >= 0.3 is 0 Å². The SMILES string of the molecule is O=S(=O)(NCC(c1cccs1)n1cccn1)c1ccc2c(c1)CCO2. The second-order valence-electron chi connectivity index (χ2n) is 5.74. The summed E-state index contributed by atoms with van der Waals surface area (Å²) in [6.45, 7) is 0.837. The molecular weight excluding hydrogens is 358 g/mol. The van der Waals surface area contributed by atoms with E-state index in [4.69, 9.17) is 4.74 Å². The van der Waals surface area contributed by atoms with Crippen LogP contribution in [0.1, 0.15) is 16.5 Å². The molecule has 3 heterocycles. The number of fused-ring (bicyclic) bond motifs is 1. The molecule has 4 rings (SSSR count). The first-order valence-corrected chi connectivity index (χ1v) is 10.3. The second kappa shape index (κ2) is 6.62. The molecule has 2 aromatic heterocycles. The minimum absolute atomic E-state index is 0.178. The number of ether oxygens (including phenoxy) is 1. The van der Waals surface area contributed by atoms with Crippen molar-refractivity contribution in [1.29, 1.82) is 0 Å². The third kappa shape index (κ3) is 3.33. The molecule has 1 aliphatic heterocycles. The van der Waals surface area contributed by atoms with Crippen LogP contribution in [0.25, 0.3) is 0 Å². The molecule has 0 saturated heterocycles. The summed E-state index contributed by atoms with van der Waals surface area (Å²) < 4.78 is 35.3.